The number of nitrogens with zero attached hydrogens (tertiary/aromatic N) is 2. The minimum Gasteiger partial charge on any atom is -0.468 e. The van der Waals surface area contributed by atoms with Crippen LogP contribution in [0.2, 0.25) is 0 Å². The molecule has 0 spiro atoms. The number of ketones is 1. The third-order valence-electron chi connectivity index (χ3n) is 5.64. The Hall–Kier alpha value is -2.39. The Balaban J connectivity index is 1.47. The Morgan fingerprint density at radius 1 is 1.28 bits per heavy atom. The molecule has 0 aliphatic carbocycles. The number of Topliss-reactive ketones (excluding diaryl/α,β-unsaturated/α-hetero) is 1. The highest BCUT2D eigenvalue weighted by Gasteiger charge is 2.34. The van der Waals surface area contributed by atoms with Crippen LogP contribution < -0.4 is 0 Å². The van der Waals surface area contributed by atoms with E-state index in [2.05, 4.69) is 4.98 Å². The molecule has 1 amide bonds. The zero-order valence-electron chi connectivity index (χ0n) is 16.2. The van der Waals surface area contributed by atoms with Gasteiger partial charge in [0, 0.05) is 30.9 Å². The van der Waals surface area contributed by atoms with Crippen LogP contribution in [0.5, 0.6) is 0 Å². The molecule has 0 unspecified atom stereocenters. The molecule has 0 radical (unpaired) electrons. The lowest BCUT2D eigenvalue weighted by atomic mass is 10.1. The fourth-order valence-corrected chi connectivity index (χ4v) is 5.79. The number of aromatic amines is 1. The minimum atomic E-state index is -3.08. The summed E-state index contributed by atoms with van der Waals surface area (Å²) in [5.74, 6) is 0.626. The molecule has 2 saturated heterocycles. The number of rotatable bonds is 7. The first-order chi connectivity index (χ1) is 13.9. The van der Waals surface area contributed by atoms with E-state index in [1.54, 1.807) is 29.5 Å². The first kappa shape index (κ1) is 19.9. The number of hydrogen-bond acceptors (Lipinski definition) is 6. The van der Waals surface area contributed by atoms with Crippen LogP contribution in [0.4, 0.5) is 0 Å². The first-order valence-electron chi connectivity index (χ1n) is 9.89. The van der Waals surface area contributed by atoms with Gasteiger partial charge in [-0.05, 0) is 37.5 Å². The van der Waals surface area contributed by atoms with Crippen LogP contribution in [-0.2, 0) is 16.4 Å². The molecule has 0 bridgehead atoms. The molecule has 2 aromatic heterocycles. The Labute approximate surface area is 169 Å². The van der Waals surface area contributed by atoms with Crippen molar-refractivity contribution in [1.29, 1.82) is 0 Å². The lowest BCUT2D eigenvalue weighted by Gasteiger charge is -2.26. The summed E-state index contributed by atoms with van der Waals surface area (Å²) >= 11 is 0. The smallest absolute Gasteiger partial charge is 0.270 e. The van der Waals surface area contributed by atoms with Crippen molar-refractivity contribution in [3.8, 4) is 0 Å². The predicted octanol–water partition coefficient (Wildman–Crippen LogP) is 1.72. The van der Waals surface area contributed by atoms with Gasteiger partial charge < -0.3 is 14.3 Å². The maximum atomic E-state index is 12.9. The van der Waals surface area contributed by atoms with Crippen LogP contribution in [0.3, 0.4) is 0 Å². The van der Waals surface area contributed by atoms with Crippen LogP contribution >= 0.6 is 0 Å². The molecule has 8 nitrogen and oxygen atoms in total. The zero-order chi connectivity index (χ0) is 20.4. The lowest BCUT2D eigenvalue weighted by Crippen LogP contribution is -2.39. The standard InChI is InChI=1S/C20H25N3O5S/c24-19(15-10-18(21-11-15)20(25)22-6-1-2-7-22)13-23(12-17-4-3-8-28-17)16-5-9-29(26,27)14-16/h3-4,8,10-11,16,21H,1-2,5-7,9,12-14H2/t16-/m1/s1. The SMILES string of the molecule is O=C(CN(Cc1ccco1)[C@@H]1CCS(=O)(=O)C1)c1c[nH]c(C(=O)N2CCCC2)c1. The van der Waals surface area contributed by atoms with Gasteiger partial charge in [0.05, 0.1) is 30.9 Å². The monoisotopic (exact) mass is 419 g/mol. The van der Waals surface area contributed by atoms with E-state index in [0.29, 0.717) is 30.0 Å². The Kier molecular flexibility index (Phi) is 5.60. The van der Waals surface area contributed by atoms with Crippen LogP contribution in [0, 0.1) is 0 Å². The molecule has 0 saturated carbocycles. The number of hydrogen-bond donors (Lipinski definition) is 1. The molecule has 1 N–H and O–H groups in total. The normalized spacial score (nSPS) is 21.1. The Morgan fingerprint density at radius 2 is 2.07 bits per heavy atom. The van der Waals surface area contributed by atoms with Gasteiger partial charge in [-0.25, -0.2) is 8.42 Å². The maximum Gasteiger partial charge on any atom is 0.270 e. The Bertz CT molecular complexity index is 974. The van der Waals surface area contributed by atoms with Crippen molar-refractivity contribution in [2.45, 2.75) is 31.8 Å². The molecule has 2 fully saturated rings. The highest BCUT2D eigenvalue weighted by atomic mass is 32.2. The van der Waals surface area contributed by atoms with Crippen molar-refractivity contribution in [2.24, 2.45) is 0 Å². The number of carbonyl (C=O) groups is 2. The van der Waals surface area contributed by atoms with Crippen molar-refractivity contribution < 1.29 is 22.4 Å². The average molecular weight is 420 g/mol. The van der Waals surface area contributed by atoms with Crippen molar-refractivity contribution in [3.05, 3.63) is 47.7 Å². The zero-order valence-corrected chi connectivity index (χ0v) is 17.0. The van der Waals surface area contributed by atoms with Crippen LogP contribution in [-0.4, -0.2) is 72.1 Å². The highest BCUT2D eigenvalue weighted by molar-refractivity contribution is 7.91. The fraction of sp³-hybridized carbons (Fsp3) is 0.500. The summed E-state index contributed by atoms with van der Waals surface area (Å²) in [5, 5.41) is 0. The summed E-state index contributed by atoms with van der Waals surface area (Å²) in [6.45, 7) is 1.92. The van der Waals surface area contributed by atoms with Gasteiger partial charge >= 0.3 is 0 Å². The van der Waals surface area contributed by atoms with E-state index in [-0.39, 0.29) is 35.8 Å². The number of carbonyl (C=O) groups excluding carboxylic acids is 2. The summed E-state index contributed by atoms with van der Waals surface area (Å²) in [5.41, 5.74) is 0.842. The van der Waals surface area contributed by atoms with Crippen molar-refractivity contribution in [1.82, 2.24) is 14.8 Å². The lowest BCUT2D eigenvalue weighted by molar-refractivity contribution is 0.0787. The number of likely N-dealkylation sites (tertiary alicyclic amines) is 1. The molecule has 0 aromatic carbocycles. The third kappa shape index (κ3) is 4.62. The van der Waals surface area contributed by atoms with Crippen molar-refractivity contribution >= 4 is 21.5 Å². The summed E-state index contributed by atoms with van der Waals surface area (Å²) in [4.78, 5) is 31.9. The molecule has 29 heavy (non-hydrogen) atoms. The second-order valence-corrected chi connectivity index (χ2v) is 9.99. The van der Waals surface area contributed by atoms with E-state index in [9.17, 15) is 18.0 Å². The number of sulfone groups is 1. The van der Waals surface area contributed by atoms with Crippen LogP contribution in [0.1, 0.15) is 45.9 Å². The molecule has 9 heteroatoms. The second-order valence-electron chi connectivity index (χ2n) is 7.77. The fourth-order valence-electron chi connectivity index (χ4n) is 4.03. The van der Waals surface area contributed by atoms with E-state index in [0.717, 1.165) is 25.9 Å². The topological polar surface area (TPSA) is 104 Å². The number of aromatic nitrogens is 1. The Morgan fingerprint density at radius 3 is 2.72 bits per heavy atom. The minimum absolute atomic E-state index is 0.0484. The predicted molar refractivity (Wildman–Crippen MR) is 106 cm³/mol. The van der Waals surface area contributed by atoms with E-state index >= 15 is 0 Å². The second kappa shape index (κ2) is 8.16. The van der Waals surface area contributed by atoms with E-state index < -0.39 is 9.84 Å². The summed E-state index contributed by atoms with van der Waals surface area (Å²) in [7, 11) is -3.08. The summed E-state index contributed by atoms with van der Waals surface area (Å²) < 4.78 is 29.2. The molecule has 1 atom stereocenters. The molecule has 2 aliphatic heterocycles. The largest absolute Gasteiger partial charge is 0.468 e. The van der Waals surface area contributed by atoms with Crippen LogP contribution in [0.25, 0.3) is 0 Å². The molecule has 156 valence electrons. The van der Waals surface area contributed by atoms with Gasteiger partial charge in [0.1, 0.15) is 11.5 Å². The van der Waals surface area contributed by atoms with Crippen molar-refractivity contribution in [3.63, 3.8) is 0 Å². The molecular formula is C20H25N3O5S. The average Bonchev–Trinajstić information content (AvgIpc) is 3.46. The van der Waals surface area contributed by atoms with E-state index in [1.165, 1.54) is 0 Å². The third-order valence-corrected chi connectivity index (χ3v) is 7.39. The van der Waals surface area contributed by atoms with Gasteiger partial charge in [0.15, 0.2) is 15.6 Å². The van der Waals surface area contributed by atoms with Gasteiger partial charge in [-0.1, -0.05) is 0 Å². The first-order valence-corrected chi connectivity index (χ1v) is 11.7. The molecule has 4 rings (SSSR count). The number of amides is 1. The summed E-state index contributed by atoms with van der Waals surface area (Å²) in [6, 6.07) is 4.95. The molecule has 2 aromatic rings. The van der Waals surface area contributed by atoms with Gasteiger partial charge in [0.2, 0.25) is 0 Å². The van der Waals surface area contributed by atoms with E-state index in [1.807, 2.05) is 11.0 Å². The maximum absolute atomic E-state index is 12.9. The quantitative estimate of drug-likeness (QED) is 0.686. The van der Waals surface area contributed by atoms with Crippen molar-refractivity contribution in [2.75, 3.05) is 31.1 Å². The van der Waals surface area contributed by atoms with Gasteiger partial charge in [-0.15, -0.1) is 0 Å². The van der Waals surface area contributed by atoms with Gasteiger partial charge in [-0.2, -0.15) is 0 Å². The van der Waals surface area contributed by atoms with Gasteiger partial charge in [0.25, 0.3) is 5.91 Å². The number of nitrogens with one attached hydrogen (secondary N) is 1. The molecule has 4 heterocycles. The van der Waals surface area contributed by atoms with Crippen LogP contribution in [0.15, 0.2) is 35.1 Å². The van der Waals surface area contributed by atoms with E-state index in [4.69, 9.17) is 4.42 Å². The highest BCUT2D eigenvalue weighted by Crippen LogP contribution is 2.21. The summed E-state index contributed by atoms with van der Waals surface area (Å²) in [6.07, 6.45) is 5.63. The van der Waals surface area contributed by atoms with Gasteiger partial charge in [-0.3, -0.25) is 14.5 Å². The number of furan rings is 1. The number of H-pyrrole nitrogens is 1. The molecule has 2 aliphatic rings. The molecular weight excluding hydrogens is 394 g/mol.